The molecule has 0 saturated carbocycles. The minimum absolute atomic E-state index is 0.0857. The normalized spacial score (nSPS) is 11.9. The third kappa shape index (κ3) is 8.32. The van der Waals surface area contributed by atoms with Crippen molar-refractivity contribution < 1.29 is 18.0 Å². The van der Waals surface area contributed by atoms with E-state index in [2.05, 4.69) is 5.32 Å². The van der Waals surface area contributed by atoms with Crippen molar-refractivity contribution >= 4 is 27.5 Å². The Bertz CT molecular complexity index is 1590. The van der Waals surface area contributed by atoms with Crippen LogP contribution in [0.25, 0.3) is 0 Å². The summed E-state index contributed by atoms with van der Waals surface area (Å²) in [5.41, 5.74) is 3.99. The number of rotatable bonds is 13. The molecular formula is C35H39N3O4S. The molecule has 8 heteroatoms. The third-order valence-corrected chi connectivity index (χ3v) is 9.01. The van der Waals surface area contributed by atoms with Crippen LogP contribution in [0.4, 0.5) is 5.69 Å². The summed E-state index contributed by atoms with van der Waals surface area (Å²) in [6, 6.07) is 31.7. The van der Waals surface area contributed by atoms with Crippen molar-refractivity contribution in [2.45, 2.75) is 51.1 Å². The highest BCUT2D eigenvalue weighted by Gasteiger charge is 2.34. The summed E-state index contributed by atoms with van der Waals surface area (Å²) >= 11 is 0. The van der Waals surface area contributed by atoms with E-state index in [1.807, 2.05) is 93.6 Å². The van der Waals surface area contributed by atoms with Gasteiger partial charge in [-0.05, 0) is 55.7 Å². The molecule has 224 valence electrons. The lowest BCUT2D eigenvalue weighted by atomic mass is 10.0. The van der Waals surface area contributed by atoms with Crippen molar-refractivity contribution in [3.63, 3.8) is 0 Å². The number of hydrogen-bond donors (Lipinski definition) is 1. The van der Waals surface area contributed by atoms with Crippen LogP contribution in [-0.2, 0) is 32.6 Å². The summed E-state index contributed by atoms with van der Waals surface area (Å²) in [5, 5.41) is 2.96. The molecule has 7 nitrogen and oxygen atoms in total. The molecule has 1 atom stereocenters. The van der Waals surface area contributed by atoms with Crippen LogP contribution in [0.15, 0.2) is 114 Å². The number of anilines is 1. The van der Waals surface area contributed by atoms with Gasteiger partial charge in [0.05, 0.1) is 10.6 Å². The van der Waals surface area contributed by atoms with Crippen molar-refractivity contribution in [3.8, 4) is 0 Å². The van der Waals surface area contributed by atoms with E-state index in [0.29, 0.717) is 12.2 Å². The van der Waals surface area contributed by atoms with Gasteiger partial charge in [0.25, 0.3) is 10.0 Å². The fraction of sp³-hybridized carbons (Fsp3) is 0.257. The van der Waals surface area contributed by atoms with Gasteiger partial charge in [-0.3, -0.25) is 13.9 Å². The Balaban J connectivity index is 1.77. The van der Waals surface area contributed by atoms with E-state index < -0.39 is 28.5 Å². The Labute approximate surface area is 255 Å². The number of aryl methyl sites for hydroxylation is 2. The Morgan fingerprint density at radius 3 is 1.84 bits per heavy atom. The van der Waals surface area contributed by atoms with E-state index in [-0.39, 0.29) is 23.8 Å². The molecule has 1 N–H and O–H groups in total. The molecule has 4 aromatic carbocycles. The summed E-state index contributed by atoms with van der Waals surface area (Å²) in [4.78, 5) is 29.6. The number of nitrogens with zero attached hydrogens (tertiary/aromatic N) is 2. The second kappa shape index (κ2) is 14.6. The number of carbonyl (C=O) groups excluding carboxylic acids is 2. The molecule has 0 spiro atoms. The zero-order chi connectivity index (χ0) is 30.8. The first-order valence-electron chi connectivity index (χ1n) is 14.5. The number of carbonyl (C=O) groups is 2. The zero-order valence-corrected chi connectivity index (χ0v) is 25.8. The van der Waals surface area contributed by atoms with Crippen LogP contribution in [0.2, 0.25) is 0 Å². The van der Waals surface area contributed by atoms with Crippen LogP contribution in [0.3, 0.4) is 0 Å². The van der Waals surface area contributed by atoms with E-state index in [0.717, 1.165) is 33.0 Å². The summed E-state index contributed by atoms with van der Waals surface area (Å²) < 4.78 is 29.3. The van der Waals surface area contributed by atoms with Gasteiger partial charge in [0, 0.05) is 19.5 Å². The van der Waals surface area contributed by atoms with Crippen LogP contribution >= 0.6 is 0 Å². The zero-order valence-electron chi connectivity index (χ0n) is 24.9. The first-order valence-corrected chi connectivity index (χ1v) is 15.9. The van der Waals surface area contributed by atoms with Gasteiger partial charge < -0.3 is 10.2 Å². The molecule has 0 heterocycles. The lowest BCUT2D eigenvalue weighted by Gasteiger charge is -2.34. The van der Waals surface area contributed by atoms with Gasteiger partial charge in [0.1, 0.15) is 12.6 Å². The molecule has 0 unspecified atom stereocenters. The number of hydrogen-bond acceptors (Lipinski definition) is 4. The Hall–Kier alpha value is -4.43. The molecule has 0 aliphatic heterocycles. The molecule has 0 aliphatic rings. The lowest BCUT2D eigenvalue weighted by molar-refractivity contribution is -0.140. The summed E-state index contributed by atoms with van der Waals surface area (Å²) in [6.45, 7) is 5.90. The van der Waals surface area contributed by atoms with Crippen LogP contribution in [0.5, 0.6) is 0 Å². The third-order valence-electron chi connectivity index (χ3n) is 7.23. The molecule has 4 aromatic rings. The van der Waals surface area contributed by atoms with E-state index in [4.69, 9.17) is 0 Å². The van der Waals surface area contributed by atoms with Gasteiger partial charge in [-0.1, -0.05) is 103 Å². The predicted octanol–water partition coefficient (Wildman–Crippen LogP) is 5.67. The van der Waals surface area contributed by atoms with Crippen molar-refractivity contribution in [2.24, 2.45) is 0 Å². The minimum Gasteiger partial charge on any atom is -0.354 e. The molecule has 0 aromatic heterocycles. The summed E-state index contributed by atoms with van der Waals surface area (Å²) in [5.74, 6) is -0.758. The predicted molar refractivity (Wildman–Crippen MR) is 171 cm³/mol. The molecule has 4 rings (SSSR count). The average Bonchev–Trinajstić information content (AvgIpc) is 3.02. The van der Waals surface area contributed by atoms with E-state index in [1.165, 1.54) is 4.90 Å². The van der Waals surface area contributed by atoms with Gasteiger partial charge in [-0.25, -0.2) is 8.42 Å². The number of amides is 2. The number of sulfonamides is 1. The maximum atomic E-state index is 14.4. The highest BCUT2D eigenvalue weighted by atomic mass is 32.2. The van der Waals surface area contributed by atoms with Gasteiger partial charge in [0.2, 0.25) is 11.8 Å². The quantitative estimate of drug-likeness (QED) is 0.215. The molecule has 2 amide bonds. The fourth-order valence-electron chi connectivity index (χ4n) is 4.78. The molecule has 0 radical (unpaired) electrons. The first kappa shape index (κ1) is 31.5. The molecule has 0 fully saturated rings. The van der Waals surface area contributed by atoms with Gasteiger partial charge in [-0.15, -0.1) is 0 Å². The SMILES string of the molecule is CCCNC(=O)[C@@H](Cc1ccccc1)N(Cc1ccccc1)C(=O)CN(c1ccc(C)cc1)S(=O)(=O)c1ccc(C)cc1. The lowest BCUT2D eigenvalue weighted by Crippen LogP contribution is -2.53. The fourth-order valence-corrected chi connectivity index (χ4v) is 6.19. The Kier molecular flexibility index (Phi) is 10.7. The van der Waals surface area contributed by atoms with Crippen LogP contribution in [0.1, 0.15) is 35.6 Å². The highest BCUT2D eigenvalue weighted by molar-refractivity contribution is 7.92. The second-order valence-corrected chi connectivity index (χ2v) is 12.5. The Morgan fingerprint density at radius 2 is 1.28 bits per heavy atom. The molecule has 43 heavy (non-hydrogen) atoms. The smallest absolute Gasteiger partial charge is 0.264 e. The monoisotopic (exact) mass is 597 g/mol. The standard InChI is InChI=1S/C35H39N3O4S/c1-4-23-36-35(40)33(24-29-11-7-5-8-12-29)37(25-30-13-9-6-10-14-30)34(39)26-38(31-19-15-27(2)16-20-31)43(41,42)32-21-17-28(3)18-22-32/h5-22,33H,4,23-26H2,1-3H3,(H,36,40)/t33-/m1/s1. The Morgan fingerprint density at radius 1 is 0.744 bits per heavy atom. The maximum absolute atomic E-state index is 14.4. The van der Waals surface area contributed by atoms with E-state index in [1.54, 1.807) is 36.4 Å². The average molecular weight is 598 g/mol. The van der Waals surface area contributed by atoms with Crippen LogP contribution in [-0.4, -0.2) is 44.3 Å². The van der Waals surface area contributed by atoms with Crippen molar-refractivity contribution in [1.82, 2.24) is 10.2 Å². The summed E-state index contributed by atoms with van der Waals surface area (Å²) in [7, 11) is -4.12. The minimum atomic E-state index is -4.12. The molecule has 0 aliphatic carbocycles. The highest BCUT2D eigenvalue weighted by Crippen LogP contribution is 2.26. The molecule has 0 bridgehead atoms. The second-order valence-electron chi connectivity index (χ2n) is 10.7. The van der Waals surface area contributed by atoms with Crippen LogP contribution in [0, 0.1) is 13.8 Å². The van der Waals surface area contributed by atoms with Gasteiger partial charge >= 0.3 is 0 Å². The van der Waals surface area contributed by atoms with Crippen molar-refractivity contribution in [3.05, 3.63) is 131 Å². The topological polar surface area (TPSA) is 86.8 Å². The van der Waals surface area contributed by atoms with E-state index >= 15 is 0 Å². The largest absolute Gasteiger partial charge is 0.354 e. The van der Waals surface area contributed by atoms with Crippen molar-refractivity contribution in [1.29, 1.82) is 0 Å². The van der Waals surface area contributed by atoms with Gasteiger partial charge in [0.15, 0.2) is 0 Å². The maximum Gasteiger partial charge on any atom is 0.264 e. The first-order chi connectivity index (χ1) is 20.7. The number of benzene rings is 4. The number of nitrogens with one attached hydrogen (secondary N) is 1. The van der Waals surface area contributed by atoms with Crippen LogP contribution < -0.4 is 9.62 Å². The molecule has 0 saturated heterocycles. The van der Waals surface area contributed by atoms with Crippen molar-refractivity contribution in [2.75, 3.05) is 17.4 Å². The van der Waals surface area contributed by atoms with Gasteiger partial charge in [-0.2, -0.15) is 0 Å². The van der Waals surface area contributed by atoms with E-state index in [9.17, 15) is 18.0 Å². The summed E-state index contributed by atoms with van der Waals surface area (Å²) in [6.07, 6.45) is 1.02. The molecular weight excluding hydrogens is 558 g/mol.